The molecular weight excluding hydrogens is 540 g/mol. The van der Waals surface area contributed by atoms with Gasteiger partial charge in [-0.2, -0.15) is 13.2 Å². The molecular formula is C25H20ClF6N3O3. The van der Waals surface area contributed by atoms with Crippen LogP contribution in [-0.4, -0.2) is 22.0 Å². The molecule has 6 nitrogen and oxygen atoms in total. The van der Waals surface area contributed by atoms with E-state index in [1.165, 1.54) is 0 Å². The van der Waals surface area contributed by atoms with Crippen LogP contribution in [0.15, 0.2) is 47.3 Å². The Morgan fingerprint density at radius 2 is 1.87 bits per heavy atom. The Morgan fingerprint density at radius 3 is 2.53 bits per heavy atom. The van der Waals surface area contributed by atoms with Crippen LogP contribution in [0.4, 0.5) is 26.3 Å². The van der Waals surface area contributed by atoms with Crippen molar-refractivity contribution in [2.45, 2.75) is 44.7 Å². The summed E-state index contributed by atoms with van der Waals surface area (Å²) in [5.74, 6) is -3.34. The highest BCUT2D eigenvalue weighted by Crippen LogP contribution is 2.39. The van der Waals surface area contributed by atoms with Crippen LogP contribution in [0.3, 0.4) is 0 Å². The Hall–Kier alpha value is -3.38. The molecule has 1 saturated carbocycles. The normalized spacial score (nSPS) is 17.4. The molecule has 1 aliphatic rings. The predicted octanol–water partition coefficient (Wildman–Crippen LogP) is 5.80. The van der Waals surface area contributed by atoms with Gasteiger partial charge >= 0.3 is 6.18 Å². The number of aromatic nitrogens is 2. The fourth-order valence-corrected chi connectivity index (χ4v) is 4.19. The summed E-state index contributed by atoms with van der Waals surface area (Å²) in [6.07, 6.45) is -7.76. The highest BCUT2D eigenvalue weighted by atomic mass is 35.5. The molecule has 1 aliphatic carbocycles. The van der Waals surface area contributed by atoms with Gasteiger partial charge < -0.3 is 15.0 Å². The number of rotatable bonds is 8. The van der Waals surface area contributed by atoms with Gasteiger partial charge in [0.2, 0.25) is 5.91 Å². The number of carbonyl (C=O) groups is 1. The van der Waals surface area contributed by atoms with Crippen molar-refractivity contribution in [2.75, 3.05) is 0 Å². The zero-order chi connectivity index (χ0) is 27.6. The first kappa shape index (κ1) is 27.6. The van der Waals surface area contributed by atoms with Crippen molar-refractivity contribution in [3.05, 3.63) is 86.0 Å². The molecule has 1 fully saturated rings. The fraction of sp³-hybridized carbons (Fsp3) is 0.320. The topological polar surface area (TPSA) is 84.1 Å². The summed E-state index contributed by atoms with van der Waals surface area (Å²) in [7, 11) is 0. The summed E-state index contributed by atoms with van der Waals surface area (Å²) in [6.45, 7) is -0.211. The van der Waals surface area contributed by atoms with Crippen molar-refractivity contribution >= 4 is 17.5 Å². The first-order valence-electron chi connectivity index (χ1n) is 11.3. The molecule has 0 atom stereocenters. The molecule has 3 aromatic rings. The summed E-state index contributed by atoms with van der Waals surface area (Å²) in [5, 5.41) is 3.03. The van der Waals surface area contributed by atoms with Gasteiger partial charge in [-0.3, -0.25) is 9.59 Å². The van der Waals surface area contributed by atoms with Gasteiger partial charge in [-0.1, -0.05) is 35.9 Å². The minimum Gasteiger partial charge on any atom is -0.373 e. The Labute approximate surface area is 217 Å². The van der Waals surface area contributed by atoms with Crippen LogP contribution in [0.25, 0.3) is 11.4 Å². The Kier molecular flexibility index (Phi) is 8.12. The predicted molar refractivity (Wildman–Crippen MR) is 125 cm³/mol. The number of alkyl halides is 5. The molecule has 4 rings (SSSR count). The first-order valence-corrected chi connectivity index (χ1v) is 11.7. The molecule has 0 unspecified atom stereocenters. The number of nitrogens with zero attached hydrogens (tertiary/aromatic N) is 1. The largest absolute Gasteiger partial charge is 0.417 e. The van der Waals surface area contributed by atoms with Crippen LogP contribution in [-0.2, 0) is 28.9 Å². The lowest BCUT2D eigenvalue weighted by molar-refractivity contribution is -0.137. The minimum absolute atomic E-state index is 0.193. The van der Waals surface area contributed by atoms with Gasteiger partial charge in [0.15, 0.2) is 0 Å². The summed E-state index contributed by atoms with van der Waals surface area (Å²) >= 11 is 6.08. The third-order valence-corrected chi connectivity index (χ3v) is 6.47. The van der Waals surface area contributed by atoms with E-state index in [0.717, 1.165) is 11.6 Å². The molecule has 0 bridgehead atoms. The number of benzene rings is 2. The number of nitrogens with one attached hydrogen (secondary N) is 2. The smallest absolute Gasteiger partial charge is 0.373 e. The van der Waals surface area contributed by atoms with Crippen molar-refractivity contribution in [1.82, 2.24) is 15.3 Å². The van der Waals surface area contributed by atoms with Gasteiger partial charge in [0.05, 0.1) is 23.8 Å². The second-order valence-electron chi connectivity index (χ2n) is 8.69. The molecule has 202 valence electrons. The van der Waals surface area contributed by atoms with E-state index in [-0.39, 0.29) is 18.3 Å². The van der Waals surface area contributed by atoms with Gasteiger partial charge in [-0.25, -0.2) is 18.2 Å². The van der Waals surface area contributed by atoms with Crippen LogP contribution in [0.5, 0.6) is 0 Å². The van der Waals surface area contributed by atoms with Crippen molar-refractivity contribution < 1.29 is 35.9 Å². The van der Waals surface area contributed by atoms with Crippen LogP contribution >= 0.6 is 11.6 Å². The van der Waals surface area contributed by atoms with E-state index in [4.69, 9.17) is 16.3 Å². The number of H-pyrrole nitrogens is 1. The Morgan fingerprint density at radius 1 is 1.16 bits per heavy atom. The van der Waals surface area contributed by atoms with Crippen LogP contribution in [0.1, 0.15) is 41.7 Å². The number of hydrogen-bond acceptors (Lipinski definition) is 4. The van der Waals surface area contributed by atoms with E-state index in [0.29, 0.717) is 30.0 Å². The molecule has 2 N–H and O–H groups in total. The van der Waals surface area contributed by atoms with E-state index < -0.39 is 65.0 Å². The standard InChI is InChI=1S/C25H20ClF6N3O3/c26-17-4-2-1-3-13(17)11-38-15-7-14(8-15)24(37)33-10-12-5-6-16(25(30,31)32)20(21(12)27)23-34-18(22(28)29)9-19(36)35-23/h1-6,9,14-15,22H,7-8,10-11H2,(H,33,37)(H,34,35,36). The molecule has 0 spiro atoms. The summed E-state index contributed by atoms with van der Waals surface area (Å²) in [5.41, 5.74) is -4.54. The average Bonchev–Trinajstić information content (AvgIpc) is 2.82. The molecule has 0 saturated heterocycles. The first-order chi connectivity index (χ1) is 17.9. The zero-order valence-electron chi connectivity index (χ0n) is 19.4. The van der Waals surface area contributed by atoms with Crippen LogP contribution < -0.4 is 10.9 Å². The maximum absolute atomic E-state index is 15.3. The van der Waals surface area contributed by atoms with E-state index in [1.54, 1.807) is 12.1 Å². The number of carbonyl (C=O) groups excluding carboxylic acids is 1. The van der Waals surface area contributed by atoms with E-state index in [1.807, 2.05) is 17.1 Å². The number of aromatic amines is 1. The lowest BCUT2D eigenvalue weighted by atomic mass is 9.81. The third-order valence-electron chi connectivity index (χ3n) is 6.10. The van der Waals surface area contributed by atoms with E-state index >= 15 is 4.39 Å². The second kappa shape index (κ2) is 11.2. The number of amides is 1. The minimum atomic E-state index is -5.08. The quantitative estimate of drug-likeness (QED) is 0.342. The van der Waals surface area contributed by atoms with E-state index in [2.05, 4.69) is 10.3 Å². The highest BCUT2D eigenvalue weighted by Gasteiger charge is 2.38. The number of ether oxygens (including phenoxy) is 1. The van der Waals surface area contributed by atoms with Crippen LogP contribution in [0.2, 0.25) is 5.02 Å². The van der Waals surface area contributed by atoms with Gasteiger partial charge in [0, 0.05) is 29.1 Å². The van der Waals surface area contributed by atoms with Gasteiger partial charge in [-0.15, -0.1) is 0 Å². The molecule has 38 heavy (non-hydrogen) atoms. The molecule has 1 aromatic heterocycles. The summed E-state index contributed by atoms with van der Waals surface area (Å²) in [6, 6.07) is 8.92. The maximum atomic E-state index is 15.3. The lowest BCUT2D eigenvalue weighted by Gasteiger charge is -2.34. The van der Waals surface area contributed by atoms with Crippen LogP contribution in [0, 0.1) is 11.7 Å². The monoisotopic (exact) mass is 559 g/mol. The fourth-order valence-electron chi connectivity index (χ4n) is 4.00. The number of hydrogen-bond donors (Lipinski definition) is 2. The highest BCUT2D eigenvalue weighted by molar-refractivity contribution is 6.31. The van der Waals surface area contributed by atoms with Gasteiger partial charge in [-0.05, 0) is 30.5 Å². The summed E-state index contributed by atoms with van der Waals surface area (Å²) < 4.78 is 87.9. The molecule has 2 aromatic carbocycles. The van der Waals surface area contributed by atoms with Crippen molar-refractivity contribution in [3.8, 4) is 11.4 Å². The van der Waals surface area contributed by atoms with Crippen molar-refractivity contribution in [1.29, 1.82) is 0 Å². The van der Waals surface area contributed by atoms with E-state index in [9.17, 15) is 31.5 Å². The Bertz CT molecular complexity index is 1390. The summed E-state index contributed by atoms with van der Waals surface area (Å²) in [4.78, 5) is 29.4. The molecule has 13 heteroatoms. The third kappa shape index (κ3) is 6.18. The maximum Gasteiger partial charge on any atom is 0.417 e. The molecule has 0 aliphatic heterocycles. The Balaban J connectivity index is 1.45. The van der Waals surface area contributed by atoms with Gasteiger partial charge in [0.1, 0.15) is 17.3 Å². The lowest BCUT2D eigenvalue weighted by Crippen LogP contribution is -2.42. The molecule has 0 radical (unpaired) electrons. The van der Waals surface area contributed by atoms with Crippen molar-refractivity contribution in [2.24, 2.45) is 5.92 Å². The molecule has 1 heterocycles. The molecule has 1 amide bonds. The average molecular weight is 560 g/mol. The van der Waals surface area contributed by atoms with Gasteiger partial charge in [0.25, 0.3) is 12.0 Å². The number of halogens is 7. The zero-order valence-corrected chi connectivity index (χ0v) is 20.2. The second-order valence-corrected chi connectivity index (χ2v) is 9.10. The van der Waals surface area contributed by atoms with Crippen molar-refractivity contribution in [3.63, 3.8) is 0 Å². The SMILES string of the molecule is O=C(NCc1ccc(C(F)(F)F)c(-c2nc(C(F)F)cc(=O)[nH]2)c1F)C1CC(OCc2ccccc2Cl)C1.